The molecule has 1 aromatic rings. The van der Waals surface area contributed by atoms with Gasteiger partial charge in [-0.15, -0.1) is 0 Å². The number of aryl methyl sites for hydroxylation is 2. The molecule has 3 rings (SSSR count). The molecule has 0 radical (unpaired) electrons. The van der Waals surface area contributed by atoms with E-state index >= 15 is 0 Å². The number of hydrogen-bond acceptors (Lipinski definition) is 1. The minimum atomic E-state index is -0.0552. The molecule has 2 amide bonds. The molecule has 2 saturated heterocycles. The SMILES string of the molecule is Cc1cc(C)cc(NC(=O)NC2C[C@H]3CCC[C@H](C2)[NH+]3CC(C)C)c1. The fourth-order valence-corrected chi connectivity index (χ4v) is 4.96. The molecule has 0 aliphatic carbocycles. The molecule has 0 aromatic heterocycles. The molecule has 1 aromatic carbocycles. The Kier molecular flexibility index (Phi) is 5.67. The zero-order valence-corrected chi connectivity index (χ0v) is 16.2. The molecule has 2 heterocycles. The number of piperidine rings is 2. The van der Waals surface area contributed by atoms with Crippen LogP contribution in [0.3, 0.4) is 0 Å². The van der Waals surface area contributed by atoms with Gasteiger partial charge >= 0.3 is 6.03 Å². The number of amides is 2. The average Bonchev–Trinajstić information content (AvgIpc) is 2.46. The largest absolute Gasteiger partial charge is 0.335 e. The molecule has 0 unspecified atom stereocenters. The van der Waals surface area contributed by atoms with Crippen LogP contribution >= 0.6 is 0 Å². The van der Waals surface area contributed by atoms with Gasteiger partial charge in [0.2, 0.25) is 0 Å². The molecular formula is C21H34N3O+. The molecular weight excluding hydrogens is 310 g/mol. The zero-order chi connectivity index (χ0) is 18.0. The summed E-state index contributed by atoms with van der Waals surface area (Å²) in [6.07, 6.45) is 6.24. The fourth-order valence-electron chi connectivity index (χ4n) is 4.96. The van der Waals surface area contributed by atoms with Crippen LogP contribution in [-0.4, -0.2) is 30.7 Å². The second kappa shape index (κ2) is 7.77. The van der Waals surface area contributed by atoms with Gasteiger partial charge in [0.05, 0.1) is 18.6 Å². The van der Waals surface area contributed by atoms with Gasteiger partial charge in [-0.1, -0.05) is 19.9 Å². The number of carbonyl (C=O) groups excluding carboxylic acids is 1. The van der Waals surface area contributed by atoms with Crippen molar-refractivity contribution in [1.29, 1.82) is 0 Å². The van der Waals surface area contributed by atoms with Crippen molar-refractivity contribution >= 4 is 11.7 Å². The first kappa shape index (κ1) is 18.2. The molecule has 2 aliphatic rings. The molecule has 25 heavy (non-hydrogen) atoms. The van der Waals surface area contributed by atoms with Crippen LogP contribution < -0.4 is 15.5 Å². The summed E-state index contributed by atoms with van der Waals surface area (Å²) in [5, 5.41) is 6.27. The Balaban J connectivity index is 1.57. The standard InChI is InChI=1S/C21H33N3O/c1-14(2)13-24-19-6-5-7-20(24)12-18(11-19)23-21(25)22-17-9-15(3)8-16(4)10-17/h8-10,14,18-20H,5-7,11-13H2,1-4H3,(H2,22,23,25)/p+1/t19-,20-/m1/s1. The quantitative estimate of drug-likeness (QED) is 0.772. The van der Waals surface area contributed by atoms with Crippen molar-refractivity contribution in [2.45, 2.75) is 77.9 Å². The molecule has 2 atom stereocenters. The van der Waals surface area contributed by atoms with Crippen LogP contribution in [0.25, 0.3) is 0 Å². The Morgan fingerprint density at radius 3 is 2.28 bits per heavy atom. The second-order valence-corrected chi connectivity index (χ2v) is 8.64. The summed E-state index contributed by atoms with van der Waals surface area (Å²) in [7, 11) is 0. The first-order valence-corrected chi connectivity index (χ1v) is 9.92. The fraction of sp³-hybridized carbons (Fsp3) is 0.667. The Bertz CT molecular complexity index is 579. The Morgan fingerprint density at radius 1 is 1.12 bits per heavy atom. The lowest BCUT2D eigenvalue weighted by atomic mass is 9.81. The van der Waals surface area contributed by atoms with Gasteiger partial charge in [-0.3, -0.25) is 0 Å². The zero-order valence-electron chi connectivity index (χ0n) is 16.2. The number of fused-ring (bicyclic) bond motifs is 2. The number of hydrogen-bond donors (Lipinski definition) is 3. The van der Waals surface area contributed by atoms with E-state index in [1.165, 1.54) is 36.9 Å². The number of urea groups is 1. The van der Waals surface area contributed by atoms with E-state index in [1.54, 1.807) is 4.90 Å². The van der Waals surface area contributed by atoms with Gasteiger partial charge in [0.1, 0.15) is 0 Å². The number of nitrogens with one attached hydrogen (secondary N) is 3. The molecule has 2 fully saturated rings. The molecule has 4 heteroatoms. The Labute approximate surface area is 152 Å². The highest BCUT2D eigenvalue weighted by Gasteiger charge is 2.42. The van der Waals surface area contributed by atoms with Gasteiger partial charge < -0.3 is 15.5 Å². The third-order valence-electron chi connectivity index (χ3n) is 5.75. The van der Waals surface area contributed by atoms with Crippen molar-refractivity contribution in [3.05, 3.63) is 29.3 Å². The average molecular weight is 345 g/mol. The smallest absolute Gasteiger partial charge is 0.319 e. The normalized spacial score (nSPS) is 28.7. The van der Waals surface area contributed by atoms with Crippen LogP contribution in [-0.2, 0) is 0 Å². The molecule has 138 valence electrons. The Morgan fingerprint density at radius 2 is 1.72 bits per heavy atom. The van der Waals surface area contributed by atoms with Crippen LogP contribution in [0, 0.1) is 19.8 Å². The third-order valence-corrected chi connectivity index (χ3v) is 5.75. The maximum absolute atomic E-state index is 12.5. The van der Waals surface area contributed by atoms with Gasteiger partial charge in [0.15, 0.2) is 0 Å². The second-order valence-electron chi connectivity index (χ2n) is 8.64. The Hall–Kier alpha value is -1.55. The van der Waals surface area contributed by atoms with Crippen molar-refractivity contribution in [2.75, 3.05) is 11.9 Å². The van der Waals surface area contributed by atoms with E-state index < -0.39 is 0 Å². The summed E-state index contributed by atoms with van der Waals surface area (Å²) in [5.41, 5.74) is 3.24. The van der Waals surface area contributed by atoms with Crippen molar-refractivity contribution in [3.63, 3.8) is 0 Å². The predicted octanol–water partition coefficient (Wildman–Crippen LogP) is 3.05. The van der Waals surface area contributed by atoms with E-state index in [-0.39, 0.29) is 6.03 Å². The van der Waals surface area contributed by atoms with Crippen molar-refractivity contribution in [1.82, 2.24) is 5.32 Å². The minimum Gasteiger partial charge on any atom is -0.335 e. The van der Waals surface area contributed by atoms with E-state index in [2.05, 4.69) is 44.4 Å². The van der Waals surface area contributed by atoms with Crippen LogP contribution in [0.5, 0.6) is 0 Å². The van der Waals surface area contributed by atoms with Crippen molar-refractivity contribution in [3.8, 4) is 0 Å². The molecule has 2 bridgehead atoms. The van der Waals surface area contributed by atoms with Crippen LogP contribution in [0.15, 0.2) is 18.2 Å². The monoisotopic (exact) mass is 344 g/mol. The minimum absolute atomic E-state index is 0.0552. The van der Waals surface area contributed by atoms with Gasteiger partial charge in [-0.2, -0.15) is 0 Å². The number of anilines is 1. The summed E-state index contributed by atoms with van der Waals surface area (Å²) < 4.78 is 0. The van der Waals surface area contributed by atoms with E-state index in [9.17, 15) is 4.79 Å². The highest BCUT2D eigenvalue weighted by molar-refractivity contribution is 5.89. The summed E-state index contributed by atoms with van der Waals surface area (Å²) >= 11 is 0. The summed E-state index contributed by atoms with van der Waals surface area (Å²) in [6, 6.07) is 7.88. The predicted molar refractivity (Wildman–Crippen MR) is 103 cm³/mol. The first-order valence-electron chi connectivity index (χ1n) is 9.92. The number of rotatable bonds is 4. The molecule has 4 nitrogen and oxygen atoms in total. The maximum Gasteiger partial charge on any atom is 0.319 e. The lowest BCUT2D eigenvalue weighted by Gasteiger charge is -2.46. The van der Waals surface area contributed by atoms with E-state index in [0.717, 1.165) is 36.5 Å². The van der Waals surface area contributed by atoms with Crippen LogP contribution in [0.2, 0.25) is 0 Å². The van der Waals surface area contributed by atoms with E-state index in [4.69, 9.17) is 0 Å². The molecule has 0 saturated carbocycles. The molecule has 3 N–H and O–H groups in total. The summed E-state index contributed by atoms with van der Waals surface area (Å²) in [4.78, 5) is 14.3. The first-order chi connectivity index (χ1) is 11.9. The highest BCUT2D eigenvalue weighted by Crippen LogP contribution is 2.23. The summed E-state index contributed by atoms with van der Waals surface area (Å²) in [6.45, 7) is 10.0. The van der Waals surface area contributed by atoms with Crippen molar-refractivity contribution < 1.29 is 9.69 Å². The number of quaternary nitrogens is 1. The topological polar surface area (TPSA) is 45.6 Å². The molecule has 2 aliphatic heterocycles. The number of benzene rings is 1. The van der Waals surface area contributed by atoms with Crippen molar-refractivity contribution in [2.24, 2.45) is 5.92 Å². The van der Waals surface area contributed by atoms with Gasteiger partial charge in [-0.05, 0) is 56.4 Å². The van der Waals surface area contributed by atoms with Gasteiger partial charge in [0, 0.05) is 30.5 Å². The summed E-state index contributed by atoms with van der Waals surface area (Å²) in [5.74, 6) is 0.746. The lowest BCUT2D eigenvalue weighted by Crippen LogP contribution is -3.21. The van der Waals surface area contributed by atoms with Gasteiger partial charge in [-0.25, -0.2) is 4.79 Å². The van der Waals surface area contributed by atoms with Crippen LogP contribution in [0.1, 0.15) is 57.1 Å². The molecule has 0 spiro atoms. The van der Waals surface area contributed by atoms with Crippen LogP contribution in [0.4, 0.5) is 10.5 Å². The van der Waals surface area contributed by atoms with Gasteiger partial charge in [0.25, 0.3) is 0 Å². The van der Waals surface area contributed by atoms with E-state index in [1.807, 2.05) is 12.1 Å². The number of carbonyl (C=O) groups is 1. The van der Waals surface area contributed by atoms with E-state index in [0.29, 0.717) is 6.04 Å². The highest BCUT2D eigenvalue weighted by atomic mass is 16.2. The maximum atomic E-state index is 12.5. The lowest BCUT2D eigenvalue weighted by molar-refractivity contribution is -0.963. The third kappa shape index (κ3) is 4.75.